The van der Waals surface area contributed by atoms with Gasteiger partial charge in [-0.1, -0.05) is 42.0 Å². The Bertz CT molecular complexity index is 1100. The summed E-state index contributed by atoms with van der Waals surface area (Å²) in [5.41, 5.74) is 4.54. The summed E-state index contributed by atoms with van der Waals surface area (Å²) in [5, 5.41) is 1.08. The van der Waals surface area contributed by atoms with E-state index in [1.165, 1.54) is 0 Å². The maximum absolute atomic E-state index is 12.8. The molecule has 0 aliphatic heterocycles. The van der Waals surface area contributed by atoms with Crippen LogP contribution < -0.4 is 0 Å². The van der Waals surface area contributed by atoms with E-state index in [2.05, 4.69) is 27.0 Å². The predicted octanol–water partition coefficient (Wildman–Crippen LogP) is 5.39. The molecule has 0 aliphatic carbocycles. The number of benzene rings is 2. The van der Waals surface area contributed by atoms with Gasteiger partial charge < -0.3 is 4.57 Å². The molecule has 26 heavy (non-hydrogen) atoms. The first-order valence-electron chi connectivity index (χ1n) is 8.41. The van der Waals surface area contributed by atoms with Gasteiger partial charge in [0.2, 0.25) is 5.78 Å². The molecule has 0 bridgehead atoms. The Morgan fingerprint density at radius 1 is 1.08 bits per heavy atom. The molecule has 0 radical (unpaired) electrons. The van der Waals surface area contributed by atoms with Crippen LogP contribution in [0.15, 0.2) is 77.5 Å². The molecule has 2 aromatic heterocycles. The molecule has 2 aromatic carbocycles. The predicted molar refractivity (Wildman–Crippen MR) is 108 cm³/mol. The minimum atomic E-state index is 0.0338. The maximum Gasteiger partial charge on any atom is 0.209 e. The molecule has 3 nitrogen and oxygen atoms in total. The third-order valence-electron chi connectivity index (χ3n) is 4.45. The van der Waals surface area contributed by atoms with Crippen molar-refractivity contribution >= 4 is 32.6 Å². The van der Waals surface area contributed by atoms with Gasteiger partial charge in [-0.15, -0.1) is 0 Å². The van der Waals surface area contributed by atoms with Crippen molar-refractivity contribution in [3.8, 4) is 0 Å². The van der Waals surface area contributed by atoms with Gasteiger partial charge in [-0.3, -0.25) is 9.78 Å². The quantitative estimate of drug-likeness (QED) is 0.427. The number of para-hydroxylation sites is 1. The van der Waals surface area contributed by atoms with Crippen molar-refractivity contribution in [2.75, 3.05) is 0 Å². The Morgan fingerprint density at radius 2 is 1.88 bits per heavy atom. The smallest absolute Gasteiger partial charge is 0.209 e. The van der Waals surface area contributed by atoms with Gasteiger partial charge in [-0.05, 0) is 52.7 Å². The van der Waals surface area contributed by atoms with Crippen molar-refractivity contribution in [1.82, 2.24) is 9.55 Å². The van der Waals surface area contributed by atoms with E-state index in [1.54, 1.807) is 0 Å². The lowest BCUT2D eigenvalue weighted by Gasteiger charge is -2.10. The van der Waals surface area contributed by atoms with Crippen molar-refractivity contribution in [2.45, 2.75) is 13.5 Å². The summed E-state index contributed by atoms with van der Waals surface area (Å²) in [4.78, 5) is 17.4. The zero-order valence-electron chi connectivity index (χ0n) is 14.3. The van der Waals surface area contributed by atoms with Gasteiger partial charge >= 0.3 is 0 Å². The molecule has 0 unspecified atom stereocenters. The van der Waals surface area contributed by atoms with E-state index in [4.69, 9.17) is 0 Å². The van der Waals surface area contributed by atoms with Crippen LogP contribution in [0.5, 0.6) is 0 Å². The number of fused-ring (bicyclic) bond motifs is 1. The van der Waals surface area contributed by atoms with Gasteiger partial charge in [-0.25, -0.2) is 0 Å². The van der Waals surface area contributed by atoms with Gasteiger partial charge in [-0.2, -0.15) is 0 Å². The topological polar surface area (TPSA) is 34.9 Å². The average molecular weight is 405 g/mol. The molecule has 0 aliphatic rings. The number of hydrogen-bond acceptors (Lipinski definition) is 2. The molecule has 128 valence electrons. The normalized spacial score (nSPS) is 11.0. The molecule has 4 heteroatoms. The summed E-state index contributed by atoms with van der Waals surface area (Å²) in [6, 6.07) is 19.6. The fourth-order valence-electron chi connectivity index (χ4n) is 3.06. The first kappa shape index (κ1) is 16.7. The third kappa shape index (κ3) is 3.20. The van der Waals surface area contributed by atoms with Crippen LogP contribution in [0.2, 0.25) is 0 Å². The van der Waals surface area contributed by atoms with Gasteiger partial charge in [0.1, 0.15) is 0 Å². The molecule has 0 N–H and O–H groups in total. The fourth-order valence-corrected chi connectivity index (χ4v) is 3.55. The summed E-state index contributed by atoms with van der Waals surface area (Å²) in [6.45, 7) is 2.62. The van der Waals surface area contributed by atoms with Crippen LogP contribution in [0.4, 0.5) is 0 Å². The zero-order valence-corrected chi connectivity index (χ0v) is 15.9. The number of pyridine rings is 1. The number of halogens is 1. The Labute approximate surface area is 160 Å². The molecule has 0 spiro atoms. The SMILES string of the molecule is Cc1ccc(C(=O)c2cccn2Cc2cnc3c(Br)cccc3c2)cc1. The van der Waals surface area contributed by atoms with Crippen molar-refractivity contribution in [1.29, 1.82) is 0 Å². The summed E-state index contributed by atoms with van der Waals surface area (Å²) < 4.78 is 2.96. The Balaban J connectivity index is 1.65. The lowest BCUT2D eigenvalue weighted by Crippen LogP contribution is -2.10. The lowest BCUT2D eigenvalue weighted by molar-refractivity contribution is 0.103. The minimum absolute atomic E-state index is 0.0338. The van der Waals surface area contributed by atoms with Crippen LogP contribution in [0.1, 0.15) is 27.2 Å². The molecule has 0 atom stereocenters. The van der Waals surface area contributed by atoms with Crippen molar-refractivity contribution < 1.29 is 4.79 Å². The average Bonchev–Trinajstić information content (AvgIpc) is 3.10. The molecule has 0 saturated heterocycles. The Kier molecular flexibility index (Phi) is 4.43. The highest BCUT2D eigenvalue weighted by Crippen LogP contribution is 2.23. The zero-order chi connectivity index (χ0) is 18.1. The van der Waals surface area contributed by atoms with E-state index in [1.807, 2.05) is 78.5 Å². The molecule has 0 saturated carbocycles. The summed E-state index contributed by atoms with van der Waals surface area (Å²) in [6.07, 6.45) is 3.81. The molecular formula is C22H17BrN2O. The van der Waals surface area contributed by atoms with Crippen molar-refractivity contribution in [3.05, 3.63) is 99.9 Å². The van der Waals surface area contributed by atoms with Crippen LogP contribution in [0.25, 0.3) is 10.9 Å². The highest BCUT2D eigenvalue weighted by molar-refractivity contribution is 9.10. The Hall–Kier alpha value is -2.72. The highest BCUT2D eigenvalue weighted by atomic mass is 79.9. The lowest BCUT2D eigenvalue weighted by atomic mass is 10.1. The second-order valence-corrected chi connectivity index (χ2v) is 7.23. The number of ketones is 1. The van der Waals surface area contributed by atoms with E-state index >= 15 is 0 Å². The second kappa shape index (κ2) is 6.89. The van der Waals surface area contributed by atoms with Gasteiger partial charge in [0.15, 0.2) is 0 Å². The number of aromatic nitrogens is 2. The summed E-state index contributed by atoms with van der Waals surface area (Å²) in [7, 11) is 0. The monoisotopic (exact) mass is 404 g/mol. The Morgan fingerprint density at radius 3 is 2.69 bits per heavy atom. The standard InChI is InChI=1S/C22H17BrN2O/c1-15-7-9-17(10-8-15)22(26)20-6-3-11-25(20)14-16-12-18-4-2-5-19(23)21(18)24-13-16/h2-13H,14H2,1H3. The number of carbonyl (C=O) groups is 1. The van der Waals surface area contributed by atoms with E-state index in [0.717, 1.165) is 26.5 Å². The van der Waals surface area contributed by atoms with Crippen LogP contribution in [0.3, 0.4) is 0 Å². The fraction of sp³-hybridized carbons (Fsp3) is 0.0909. The van der Waals surface area contributed by atoms with Gasteiger partial charge in [0.05, 0.1) is 11.2 Å². The molecule has 0 amide bonds. The van der Waals surface area contributed by atoms with Crippen LogP contribution in [0, 0.1) is 6.92 Å². The molecule has 2 heterocycles. The molecule has 4 rings (SSSR count). The highest BCUT2D eigenvalue weighted by Gasteiger charge is 2.13. The van der Waals surface area contributed by atoms with Crippen LogP contribution in [-0.4, -0.2) is 15.3 Å². The van der Waals surface area contributed by atoms with Gasteiger partial charge in [0, 0.05) is 34.4 Å². The third-order valence-corrected chi connectivity index (χ3v) is 5.09. The van der Waals surface area contributed by atoms with E-state index < -0.39 is 0 Å². The largest absolute Gasteiger partial charge is 0.340 e. The van der Waals surface area contributed by atoms with Crippen molar-refractivity contribution in [3.63, 3.8) is 0 Å². The number of aryl methyl sites for hydroxylation is 1. The molecular weight excluding hydrogens is 388 g/mol. The molecule has 4 aromatic rings. The van der Waals surface area contributed by atoms with E-state index in [0.29, 0.717) is 17.8 Å². The maximum atomic E-state index is 12.8. The first-order chi connectivity index (χ1) is 12.6. The molecule has 0 fully saturated rings. The van der Waals surface area contributed by atoms with Crippen LogP contribution in [-0.2, 0) is 6.54 Å². The number of rotatable bonds is 4. The number of carbonyl (C=O) groups excluding carboxylic acids is 1. The minimum Gasteiger partial charge on any atom is -0.340 e. The van der Waals surface area contributed by atoms with E-state index in [9.17, 15) is 4.79 Å². The first-order valence-corrected chi connectivity index (χ1v) is 9.21. The number of hydrogen-bond donors (Lipinski definition) is 0. The number of nitrogens with zero attached hydrogens (tertiary/aromatic N) is 2. The van der Waals surface area contributed by atoms with E-state index in [-0.39, 0.29) is 5.78 Å². The van der Waals surface area contributed by atoms with Crippen LogP contribution >= 0.6 is 15.9 Å². The second-order valence-electron chi connectivity index (χ2n) is 6.37. The van der Waals surface area contributed by atoms with Gasteiger partial charge in [0.25, 0.3) is 0 Å². The summed E-state index contributed by atoms with van der Waals surface area (Å²) >= 11 is 3.53. The summed E-state index contributed by atoms with van der Waals surface area (Å²) in [5.74, 6) is 0.0338. The van der Waals surface area contributed by atoms with Crippen molar-refractivity contribution in [2.24, 2.45) is 0 Å².